The lowest BCUT2D eigenvalue weighted by Crippen LogP contribution is -2.06. The van der Waals surface area contributed by atoms with Gasteiger partial charge in [-0.1, -0.05) is 0 Å². The molecule has 0 bridgehead atoms. The van der Waals surface area contributed by atoms with E-state index in [0.29, 0.717) is 22.3 Å². The third-order valence-corrected chi connectivity index (χ3v) is 2.81. The number of fused-ring (bicyclic) bond motifs is 1. The van der Waals surface area contributed by atoms with Crippen molar-refractivity contribution in [2.45, 2.75) is 19.4 Å². The molecule has 0 aliphatic rings. The molecular weight excluding hydrogens is 248 g/mol. The summed E-state index contributed by atoms with van der Waals surface area (Å²) in [6.45, 7) is 1.41. The van der Waals surface area contributed by atoms with Crippen LogP contribution in [0.1, 0.15) is 25.0 Å². The molecule has 100 valence electrons. The number of hydrogen-bond acceptors (Lipinski definition) is 5. The van der Waals surface area contributed by atoms with Gasteiger partial charge in [0, 0.05) is 29.5 Å². The zero-order chi connectivity index (χ0) is 14.0. The topological polar surface area (TPSA) is 76.7 Å². The van der Waals surface area contributed by atoms with Crippen LogP contribution in [0.5, 0.6) is 5.75 Å². The van der Waals surface area contributed by atoms with Crippen LogP contribution in [0.15, 0.2) is 33.5 Å². The van der Waals surface area contributed by atoms with Crippen molar-refractivity contribution >= 4 is 16.8 Å². The number of carbonyl (C=O) groups is 1. The molecule has 5 nitrogen and oxygen atoms in total. The number of rotatable bonds is 4. The fraction of sp³-hybridized carbons (Fsp3) is 0.286. The van der Waals surface area contributed by atoms with Gasteiger partial charge in [0.2, 0.25) is 0 Å². The summed E-state index contributed by atoms with van der Waals surface area (Å²) >= 11 is 0. The van der Waals surface area contributed by atoms with E-state index in [1.807, 2.05) is 0 Å². The van der Waals surface area contributed by atoms with Crippen molar-refractivity contribution in [3.05, 3.63) is 40.2 Å². The first kappa shape index (κ1) is 13.3. The number of Topliss-reactive ketones (excluding diaryl/α,β-unsaturated/α-hetero) is 1. The van der Waals surface area contributed by atoms with Crippen LogP contribution in [-0.4, -0.2) is 18.0 Å². The molecule has 2 rings (SSSR count). The third-order valence-electron chi connectivity index (χ3n) is 2.81. The minimum atomic E-state index is -0.941. The number of methoxy groups -OCH3 is 1. The van der Waals surface area contributed by atoms with Crippen molar-refractivity contribution in [3.63, 3.8) is 0 Å². The molecule has 1 aromatic carbocycles. The van der Waals surface area contributed by atoms with Gasteiger partial charge >= 0.3 is 5.63 Å². The molecule has 5 heteroatoms. The SMILES string of the molecule is COc1cc2oc(=O)ccc2cc1[C@@H](O)CC(C)=O. The zero-order valence-corrected chi connectivity index (χ0v) is 10.7. The molecule has 19 heavy (non-hydrogen) atoms. The van der Waals surface area contributed by atoms with E-state index in [2.05, 4.69) is 0 Å². The van der Waals surface area contributed by atoms with Crippen LogP contribution in [0.3, 0.4) is 0 Å². The zero-order valence-electron chi connectivity index (χ0n) is 10.7. The highest BCUT2D eigenvalue weighted by Crippen LogP contribution is 2.31. The molecule has 0 unspecified atom stereocenters. The van der Waals surface area contributed by atoms with Crippen LogP contribution in [0.4, 0.5) is 0 Å². The maximum absolute atomic E-state index is 11.1. The van der Waals surface area contributed by atoms with Gasteiger partial charge in [-0.15, -0.1) is 0 Å². The van der Waals surface area contributed by atoms with Gasteiger partial charge in [0.25, 0.3) is 0 Å². The largest absolute Gasteiger partial charge is 0.496 e. The molecule has 1 aromatic heterocycles. The van der Waals surface area contributed by atoms with E-state index in [9.17, 15) is 14.7 Å². The van der Waals surface area contributed by atoms with Gasteiger partial charge in [-0.2, -0.15) is 0 Å². The van der Waals surface area contributed by atoms with E-state index in [1.54, 1.807) is 12.1 Å². The van der Waals surface area contributed by atoms with E-state index in [-0.39, 0.29) is 12.2 Å². The van der Waals surface area contributed by atoms with Gasteiger partial charge in [0.1, 0.15) is 17.1 Å². The van der Waals surface area contributed by atoms with Crippen molar-refractivity contribution in [2.75, 3.05) is 7.11 Å². The van der Waals surface area contributed by atoms with E-state index < -0.39 is 11.7 Å². The lowest BCUT2D eigenvalue weighted by molar-refractivity contribution is -0.118. The standard InChI is InChI=1S/C14H14O5/c1-8(15)5-11(16)10-6-9-3-4-14(17)19-12(9)7-13(10)18-2/h3-4,6-7,11,16H,5H2,1-2H3/t11-/m0/s1. The van der Waals surface area contributed by atoms with Gasteiger partial charge in [-0.3, -0.25) is 4.79 Å². The van der Waals surface area contributed by atoms with Crippen molar-refractivity contribution < 1.29 is 19.1 Å². The summed E-state index contributed by atoms with van der Waals surface area (Å²) in [5.41, 5.74) is 0.425. The third kappa shape index (κ3) is 2.82. The highest BCUT2D eigenvalue weighted by atomic mass is 16.5. The number of aliphatic hydroxyl groups is 1. The fourth-order valence-electron chi connectivity index (χ4n) is 1.93. The van der Waals surface area contributed by atoms with E-state index >= 15 is 0 Å². The molecule has 0 aliphatic heterocycles. The summed E-state index contributed by atoms with van der Waals surface area (Å²) in [5, 5.41) is 10.7. The molecule has 2 aromatic rings. The number of benzene rings is 1. The maximum Gasteiger partial charge on any atom is 0.336 e. The number of carbonyl (C=O) groups excluding carboxylic acids is 1. The predicted molar refractivity (Wildman–Crippen MR) is 69.3 cm³/mol. The van der Waals surface area contributed by atoms with Crippen LogP contribution in [0.2, 0.25) is 0 Å². The second kappa shape index (κ2) is 5.24. The van der Waals surface area contributed by atoms with Crippen molar-refractivity contribution in [2.24, 2.45) is 0 Å². The Bertz CT molecular complexity index is 671. The molecular formula is C14H14O5. The minimum Gasteiger partial charge on any atom is -0.496 e. The Kier molecular flexibility index (Phi) is 3.66. The molecule has 0 saturated carbocycles. The van der Waals surface area contributed by atoms with Gasteiger partial charge in [-0.25, -0.2) is 4.79 Å². The smallest absolute Gasteiger partial charge is 0.336 e. The molecule has 0 radical (unpaired) electrons. The van der Waals surface area contributed by atoms with Crippen LogP contribution < -0.4 is 10.4 Å². The quantitative estimate of drug-likeness (QED) is 0.850. The Hall–Kier alpha value is -2.14. The molecule has 0 saturated heterocycles. The Balaban J connectivity index is 2.56. The number of hydrogen-bond donors (Lipinski definition) is 1. The molecule has 1 N–H and O–H groups in total. The predicted octanol–water partition coefficient (Wildman–Crippen LogP) is 1.81. The van der Waals surface area contributed by atoms with Crippen molar-refractivity contribution in [1.82, 2.24) is 0 Å². The highest BCUT2D eigenvalue weighted by molar-refractivity contribution is 5.80. The second-order valence-corrected chi connectivity index (χ2v) is 4.31. The van der Waals surface area contributed by atoms with Gasteiger partial charge in [-0.05, 0) is 19.1 Å². The van der Waals surface area contributed by atoms with Gasteiger partial charge in [0.05, 0.1) is 13.2 Å². The second-order valence-electron chi connectivity index (χ2n) is 4.31. The van der Waals surface area contributed by atoms with Gasteiger partial charge in [0.15, 0.2) is 0 Å². The fourth-order valence-corrected chi connectivity index (χ4v) is 1.93. The van der Waals surface area contributed by atoms with Crippen LogP contribution >= 0.6 is 0 Å². The Morgan fingerprint density at radius 1 is 1.42 bits per heavy atom. The molecule has 0 fully saturated rings. The first-order chi connectivity index (χ1) is 9.01. The molecule has 0 amide bonds. The molecule has 1 atom stereocenters. The van der Waals surface area contributed by atoms with Crippen LogP contribution in [-0.2, 0) is 4.79 Å². The molecule has 1 heterocycles. The summed E-state index contributed by atoms with van der Waals surface area (Å²) in [6, 6.07) is 6.10. The number of aliphatic hydroxyl groups excluding tert-OH is 1. The first-order valence-electron chi connectivity index (χ1n) is 5.80. The molecule has 0 aliphatic carbocycles. The normalized spacial score (nSPS) is 12.4. The lowest BCUT2D eigenvalue weighted by atomic mass is 10.0. The number of ketones is 1. The minimum absolute atomic E-state index is 0.0125. The summed E-state index contributed by atoms with van der Waals surface area (Å²) in [5.74, 6) is 0.268. The summed E-state index contributed by atoms with van der Waals surface area (Å²) < 4.78 is 10.2. The average Bonchev–Trinajstić information content (AvgIpc) is 2.36. The Morgan fingerprint density at radius 3 is 2.79 bits per heavy atom. The van der Waals surface area contributed by atoms with Crippen LogP contribution in [0, 0.1) is 0 Å². The van der Waals surface area contributed by atoms with Gasteiger partial charge < -0.3 is 14.3 Å². The highest BCUT2D eigenvalue weighted by Gasteiger charge is 2.17. The van der Waals surface area contributed by atoms with E-state index in [1.165, 1.54) is 26.2 Å². The van der Waals surface area contributed by atoms with Crippen molar-refractivity contribution in [3.8, 4) is 5.75 Å². The number of ether oxygens (including phenoxy) is 1. The summed E-state index contributed by atoms with van der Waals surface area (Å²) in [6.07, 6.45) is -0.928. The maximum atomic E-state index is 11.1. The van der Waals surface area contributed by atoms with Crippen LogP contribution in [0.25, 0.3) is 11.0 Å². The average molecular weight is 262 g/mol. The van der Waals surface area contributed by atoms with Crippen molar-refractivity contribution in [1.29, 1.82) is 0 Å². The van der Waals surface area contributed by atoms with E-state index in [0.717, 1.165) is 0 Å². The monoisotopic (exact) mass is 262 g/mol. The summed E-state index contributed by atoms with van der Waals surface area (Å²) in [4.78, 5) is 22.2. The first-order valence-corrected chi connectivity index (χ1v) is 5.80. The summed E-state index contributed by atoms with van der Waals surface area (Å²) in [7, 11) is 1.45. The molecule has 0 spiro atoms. The Morgan fingerprint density at radius 2 is 2.16 bits per heavy atom. The lowest BCUT2D eigenvalue weighted by Gasteiger charge is -2.14. The van der Waals surface area contributed by atoms with E-state index in [4.69, 9.17) is 9.15 Å². The Labute approximate surface area is 109 Å².